The fraction of sp³-hybridized carbons (Fsp3) is 0.0435. The second kappa shape index (κ2) is 8.64. The number of H-pyrrole nitrogens is 2. The molecule has 158 valence electrons. The van der Waals surface area contributed by atoms with Crippen molar-refractivity contribution in [1.29, 1.82) is 0 Å². The maximum atomic E-state index is 13.0. The fourth-order valence-electron chi connectivity index (χ4n) is 3.38. The van der Waals surface area contributed by atoms with Crippen LogP contribution in [0.1, 0.15) is 16.1 Å². The summed E-state index contributed by atoms with van der Waals surface area (Å²) in [5.41, 5.74) is 3.46. The van der Waals surface area contributed by atoms with Gasteiger partial charge in [-0.1, -0.05) is 58.4 Å². The number of ether oxygens (including phenoxy) is 1. The molecule has 0 aliphatic rings. The third-order valence-corrected chi connectivity index (χ3v) is 5.41. The Hall–Kier alpha value is -3.98. The van der Waals surface area contributed by atoms with Gasteiger partial charge in [0, 0.05) is 15.4 Å². The number of amides is 1. The van der Waals surface area contributed by atoms with Crippen molar-refractivity contribution in [3.05, 3.63) is 88.5 Å². The highest BCUT2D eigenvalue weighted by molar-refractivity contribution is 9.10. The van der Waals surface area contributed by atoms with Gasteiger partial charge in [-0.25, -0.2) is 0 Å². The molecule has 0 bridgehead atoms. The number of nitrogens with zero attached hydrogens (tertiary/aromatic N) is 3. The van der Waals surface area contributed by atoms with E-state index in [9.17, 15) is 4.79 Å². The third-order valence-electron chi connectivity index (χ3n) is 4.92. The number of nitrogens with one attached hydrogen (secondary N) is 3. The highest BCUT2D eigenvalue weighted by Gasteiger charge is 2.16. The van der Waals surface area contributed by atoms with Gasteiger partial charge in [-0.3, -0.25) is 4.79 Å². The first-order valence-corrected chi connectivity index (χ1v) is 10.6. The molecule has 0 aliphatic carbocycles. The monoisotopic (exact) mass is 488 g/mol. The summed E-state index contributed by atoms with van der Waals surface area (Å²) in [6, 6.07) is 22.9. The van der Waals surface area contributed by atoms with Crippen LogP contribution in [0.3, 0.4) is 0 Å². The van der Waals surface area contributed by atoms with E-state index in [4.69, 9.17) is 4.74 Å². The normalized spacial score (nSPS) is 10.9. The Morgan fingerprint density at radius 1 is 1.03 bits per heavy atom. The lowest BCUT2D eigenvalue weighted by Gasteiger charge is -2.09. The van der Waals surface area contributed by atoms with E-state index in [0.29, 0.717) is 35.1 Å². The van der Waals surface area contributed by atoms with Gasteiger partial charge >= 0.3 is 0 Å². The first-order chi connectivity index (χ1) is 15.7. The van der Waals surface area contributed by atoms with Gasteiger partial charge in [-0.2, -0.15) is 5.21 Å². The molecule has 0 saturated carbocycles. The van der Waals surface area contributed by atoms with Gasteiger partial charge in [0.25, 0.3) is 5.91 Å². The summed E-state index contributed by atoms with van der Waals surface area (Å²) in [7, 11) is 0. The molecule has 5 aromatic rings. The number of carbonyl (C=O) groups excluding carboxylic acids is 1. The number of halogens is 1. The van der Waals surface area contributed by atoms with E-state index in [1.807, 2.05) is 60.7 Å². The Balaban J connectivity index is 1.40. The molecule has 0 fully saturated rings. The molecule has 2 heterocycles. The van der Waals surface area contributed by atoms with Crippen molar-refractivity contribution in [1.82, 2.24) is 25.6 Å². The molecule has 3 N–H and O–H groups in total. The number of fused-ring (bicyclic) bond motifs is 1. The molecule has 0 aliphatic heterocycles. The Labute approximate surface area is 191 Å². The van der Waals surface area contributed by atoms with Crippen LogP contribution in [0.2, 0.25) is 0 Å². The zero-order valence-corrected chi connectivity index (χ0v) is 18.3. The van der Waals surface area contributed by atoms with Crippen molar-refractivity contribution in [2.24, 2.45) is 0 Å². The molecule has 0 saturated heterocycles. The second-order valence-corrected chi connectivity index (χ2v) is 7.97. The van der Waals surface area contributed by atoms with Crippen molar-refractivity contribution in [2.45, 2.75) is 6.61 Å². The lowest BCUT2D eigenvalue weighted by atomic mass is 10.1. The van der Waals surface area contributed by atoms with Crippen LogP contribution in [-0.2, 0) is 6.61 Å². The van der Waals surface area contributed by atoms with Gasteiger partial charge < -0.3 is 15.0 Å². The predicted octanol–water partition coefficient (Wildman–Crippen LogP) is 4.94. The molecular weight excluding hydrogens is 472 g/mol. The molecule has 0 atom stereocenters. The van der Waals surface area contributed by atoms with Crippen LogP contribution >= 0.6 is 15.9 Å². The number of benzene rings is 3. The summed E-state index contributed by atoms with van der Waals surface area (Å²) in [6.45, 7) is 0.438. The van der Waals surface area contributed by atoms with E-state index >= 15 is 0 Å². The number of para-hydroxylation sites is 1. The zero-order valence-electron chi connectivity index (χ0n) is 16.7. The Bertz CT molecular complexity index is 1380. The summed E-state index contributed by atoms with van der Waals surface area (Å²) in [4.78, 5) is 16.2. The SMILES string of the molecule is O=C(Nc1ccc(Br)cc1-c1nn[nH]n1)c1cc2cccc(OCc3ccccc3)c2[nH]1. The lowest BCUT2D eigenvalue weighted by Crippen LogP contribution is -2.13. The summed E-state index contributed by atoms with van der Waals surface area (Å²) in [5, 5.41) is 17.9. The Morgan fingerprint density at radius 3 is 2.72 bits per heavy atom. The Kier molecular flexibility index (Phi) is 5.39. The number of tetrazole rings is 1. The van der Waals surface area contributed by atoms with Crippen LogP contribution in [0.25, 0.3) is 22.3 Å². The van der Waals surface area contributed by atoms with Crippen molar-refractivity contribution in [3.8, 4) is 17.1 Å². The number of aromatic amines is 2. The highest BCUT2D eigenvalue weighted by atomic mass is 79.9. The fourth-order valence-corrected chi connectivity index (χ4v) is 3.74. The van der Waals surface area contributed by atoms with E-state index in [0.717, 1.165) is 20.9 Å². The number of carbonyl (C=O) groups is 1. The molecule has 32 heavy (non-hydrogen) atoms. The molecule has 0 unspecified atom stereocenters. The quantitative estimate of drug-likeness (QED) is 0.313. The summed E-state index contributed by atoms with van der Waals surface area (Å²) < 4.78 is 6.84. The van der Waals surface area contributed by atoms with Crippen molar-refractivity contribution < 1.29 is 9.53 Å². The van der Waals surface area contributed by atoms with E-state index in [2.05, 4.69) is 46.9 Å². The van der Waals surface area contributed by atoms with Gasteiger partial charge in [0.1, 0.15) is 18.1 Å². The maximum Gasteiger partial charge on any atom is 0.272 e. The number of hydrogen-bond acceptors (Lipinski definition) is 5. The molecule has 3 aromatic carbocycles. The smallest absolute Gasteiger partial charge is 0.272 e. The van der Waals surface area contributed by atoms with Gasteiger partial charge in [-0.15, -0.1) is 10.2 Å². The van der Waals surface area contributed by atoms with Gasteiger partial charge in [-0.05, 0) is 41.1 Å². The largest absolute Gasteiger partial charge is 0.487 e. The molecule has 8 nitrogen and oxygen atoms in total. The highest BCUT2D eigenvalue weighted by Crippen LogP contribution is 2.30. The summed E-state index contributed by atoms with van der Waals surface area (Å²) in [5.74, 6) is 0.777. The van der Waals surface area contributed by atoms with E-state index < -0.39 is 0 Å². The van der Waals surface area contributed by atoms with Crippen LogP contribution < -0.4 is 10.1 Å². The van der Waals surface area contributed by atoms with E-state index in [-0.39, 0.29) is 5.91 Å². The summed E-state index contributed by atoms with van der Waals surface area (Å²) in [6.07, 6.45) is 0. The van der Waals surface area contributed by atoms with Crippen LogP contribution in [0, 0.1) is 0 Å². The average molecular weight is 489 g/mol. The first kappa shape index (κ1) is 20.0. The molecular formula is C23H17BrN6O2. The summed E-state index contributed by atoms with van der Waals surface area (Å²) >= 11 is 3.44. The number of anilines is 1. The average Bonchev–Trinajstić information content (AvgIpc) is 3.50. The Morgan fingerprint density at radius 2 is 1.91 bits per heavy atom. The number of rotatable bonds is 6. The molecule has 9 heteroatoms. The predicted molar refractivity (Wildman–Crippen MR) is 124 cm³/mol. The van der Waals surface area contributed by atoms with Crippen LogP contribution in [0.4, 0.5) is 5.69 Å². The van der Waals surface area contributed by atoms with Gasteiger partial charge in [0.15, 0.2) is 0 Å². The molecule has 0 spiro atoms. The maximum absolute atomic E-state index is 13.0. The molecule has 2 aromatic heterocycles. The van der Waals surface area contributed by atoms with Crippen LogP contribution in [0.15, 0.2) is 77.3 Å². The lowest BCUT2D eigenvalue weighted by molar-refractivity contribution is 0.102. The minimum Gasteiger partial charge on any atom is -0.487 e. The minimum atomic E-state index is -0.290. The molecule has 5 rings (SSSR count). The van der Waals surface area contributed by atoms with Crippen molar-refractivity contribution >= 4 is 38.4 Å². The van der Waals surface area contributed by atoms with Crippen LogP contribution in [-0.4, -0.2) is 31.5 Å². The topological polar surface area (TPSA) is 109 Å². The van der Waals surface area contributed by atoms with Gasteiger partial charge in [0.2, 0.25) is 5.82 Å². The van der Waals surface area contributed by atoms with E-state index in [1.165, 1.54) is 0 Å². The van der Waals surface area contributed by atoms with Crippen molar-refractivity contribution in [2.75, 3.05) is 5.32 Å². The number of hydrogen-bond donors (Lipinski definition) is 3. The molecule has 0 radical (unpaired) electrons. The first-order valence-electron chi connectivity index (χ1n) is 9.80. The van der Waals surface area contributed by atoms with Crippen molar-refractivity contribution in [3.63, 3.8) is 0 Å². The minimum absolute atomic E-state index is 0.290. The number of aromatic nitrogens is 5. The second-order valence-electron chi connectivity index (χ2n) is 7.06. The molecule has 1 amide bonds. The van der Waals surface area contributed by atoms with Gasteiger partial charge in [0.05, 0.1) is 11.2 Å². The zero-order chi connectivity index (χ0) is 21.9. The van der Waals surface area contributed by atoms with E-state index in [1.54, 1.807) is 12.1 Å². The standard InChI is InChI=1S/C23H17BrN6O2/c24-16-9-10-18(17(12-16)22-27-29-30-28-22)26-23(31)19-11-15-7-4-8-20(21(15)25-19)32-13-14-5-2-1-3-6-14/h1-12,25H,13H2,(H,26,31)(H,27,28,29,30). The van der Waals surface area contributed by atoms with Crippen LogP contribution in [0.5, 0.6) is 5.75 Å². The third kappa shape index (κ3) is 4.10.